The number of hydrogen-bond donors (Lipinski definition) is 1. The van der Waals surface area contributed by atoms with Gasteiger partial charge in [0.1, 0.15) is 23.7 Å². The molecule has 0 saturated carbocycles. The van der Waals surface area contributed by atoms with Crippen LogP contribution in [0, 0.1) is 5.82 Å². The van der Waals surface area contributed by atoms with Crippen molar-refractivity contribution in [3.8, 4) is 5.75 Å². The highest BCUT2D eigenvalue weighted by Crippen LogP contribution is 2.24. The molecule has 0 atom stereocenters. The smallest absolute Gasteiger partial charge is 0.146 e. The van der Waals surface area contributed by atoms with E-state index < -0.39 is 0 Å². The van der Waals surface area contributed by atoms with Crippen molar-refractivity contribution in [2.45, 2.75) is 13.2 Å². The highest BCUT2D eigenvalue weighted by atomic mass is 19.1. The molecular formula is C17H15FN2O. The molecule has 0 bridgehead atoms. The molecule has 0 aliphatic carbocycles. The minimum Gasteiger partial charge on any atom is -0.487 e. The van der Waals surface area contributed by atoms with Crippen molar-refractivity contribution in [2.75, 3.05) is 0 Å². The summed E-state index contributed by atoms with van der Waals surface area (Å²) in [6.07, 6.45) is 1.74. The van der Waals surface area contributed by atoms with E-state index in [0.717, 1.165) is 16.5 Å². The third-order valence-corrected chi connectivity index (χ3v) is 3.32. The summed E-state index contributed by atoms with van der Waals surface area (Å²) in [4.78, 5) is 4.34. The molecule has 3 nitrogen and oxygen atoms in total. The van der Waals surface area contributed by atoms with Crippen molar-refractivity contribution >= 4 is 10.9 Å². The zero-order chi connectivity index (χ0) is 14.7. The Kier molecular flexibility index (Phi) is 3.79. The van der Waals surface area contributed by atoms with E-state index in [9.17, 15) is 4.39 Å². The first kappa shape index (κ1) is 13.5. The number of benzene rings is 2. The van der Waals surface area contributed by atoms with Crippen molar-refractivity contribution < 1.29 is 9.13 Å². The van der Waals surface area contributed by atoms with Crippen LogP contribution in [0.5, 0.6) is 5.75 Å². The summed E-state index contributed by atoms with van der Waals surface area (Å²) in [5.41, 5.74) is 7.70. The molecule has 4 heteroatoms. The van der Waals surface area contributed by atoms with Gasteiger partial charge in [0.2, 0.25) is 0 Å². The van der Waals surface area contributed by atoms with E-state index in [1.54, 1.807) is 18.3 Å². The Labute approximate surface area is 122 Å². The molecule has 0 amide bonds. The molecule has 1 aromatic heterocycles. The number of aromatic nitrogens is 1. The molecule has 3 rings (SSSR count). The normalized spacial score (nSPS) is 10.8. The highest BCUT2D eigenvalue weighted by molar-refractivity contribution is 5.84. The zero-order valence-corrected chi connectivity index (χ0v) is 11.4. The van der Waals surface area contributed by atoms with E-state index in [-0.39, 0.29) is 12.4 Å². The Bertz CT molecular complexity index is 768. The molecule has 2 N–H and O–H groups in total. The van der Waals surface area contributed by atoms with Crippen LogP contribution in [0.25, 0.3) is 10.9 Å². The molecule has 0 spiro atoms. The van der Waals surface area contributed by atoms with E-state index in [4.69, 9.17) is 10.5 Å². The topological polar surface area (TPSA) is 48.1 Å². The highest BCUT2D eigenvalue weighted by Gasteiger charge is 2.05. The standard InChI is InChI=1S/C17H15FN2O/c18-15-7-6-12(9-14(15)10-19)11-21-16-5-1-3-13-4-2-8-20-17(13)16/h1-9H,10-11,19H2. The first-order chi connectivity index (χ1) is 10.3. The van der Waals surface area contributed by atoms with Crippen molar-refractivity contribution in [1.29, 1.82) is 0 Å². The second-order valence-corrected chi connectivity index (χ2v) is 4.75. The largest absolute Gasteiger partial charge is 0.487 e. The predicted molar refractivity (Wildman–Crippen MR) is 80.4 cm³/mol. The van der Waals surface area contributed by atoms with E-state index >= 15 is 0 Å². The lowest BCUT2D eigenvalue weighted by Gasteiger charge is -2.10. The second kappa shape index (κ2) is 5.89. The van der Waals surface area contributed by atoms with Crippen LogP contribution >= 0.6 is 0 Å². The maximum Gasteiger partial charge on any atom is 0.146 e. The predicted octanol–water partition coefficient (Wildman–Crippen LogP) is 3.41. The SMILES string of the molecule is NCc1cc(COc2cccc3cccnc23)ccc1F. The second-order valence-electron chi connectivity index (χ2n) is 4.75. The van der Waals surface area contributed by atoms with Gasteiger partial charge in [-0.05, 0) is 29.8 Å². The van der Waals surface area contributed by atoms with E-state index in [0.29, 0.717) is 17.9 Å². The number of rotatable bonds is 4. The van der Waals surface area contributed by atoms with E-state index in [1.807, 2.05) is 30.3 Å². The van der Waals surface area contributed by atoms with Gasteiger partial charge in [0.15, 0.2) is 0 Å². The molecule has 21 heavy (non-hydrogen) atoms. The monoisotopic (exact) mass is 282 g/mol. The van der Waals surface area contributed by atoms with Gasteiger partial charge in [0, 0.05) is 23.7 Å². The summed E-state index contributed by atoms with van der Waals surface area (Å²) in [5.74, 6) is 0.430. The van der Waals surface area contributed by atoms with Gasteiger partial charge < -0.3 is 10.5 Å². The first-order valence-corrected chi connectivity index (χ1v) is 6.72. The van der Waals surface area contributed by atoms with Gasteiger partial charge in [-0.15, -0.1) is 0 Å². The van der Waals surface area contributed by atoms with Gasteiger partial charge in [-0.25, -0.2) is 4.39 Å². The average molecular weight is 282 g/mol. The number of nitrogens with two attached hydrogens (primary N) is 1. The van der Waals surface area contributed by atoms with Gasteiger partial charge in [0.05, 0.1) is 0 Å². The quantitative estimate of drug-likeness (QED) is 0.797. The molecule has 2 aromatic carbocycles. The van der Waals surface area contributed by atoms with Gasteiger partial charge in [-0.3, -0.25) is 4.98 Å². The Morgan fingerprint density at radius 3 is 2.81 bits per heavy atom. The lowest BCUT2D eigenvalue weighted by Crippen LogP contribution is -2.03. The fraction of sp³-hybridized carbons (Fsp3) is 0.118. The fourth-order valence-corrected chi connectivity index (χ4v) is 2.23. The Balaban J connectivity index is 1.83. The van der Waals surface area contributed by atoms with Crippen LogP contribution in [0.4, 0.5) is 4.39 Å². The number of para-hydroxylation sites is 1. The summed E-state index contributed by atoms with van der Waals surface area (Å²) >= 11 is 0. The molecule has 0 aliphatic rings. The van der Waals surface area contributed by atoms with Crippen LogP contribution in [0.2, 0.25) is 0 Å². The summed E-state index contributed by atoms with van der Waals surface area (Å²) in [6.45, 7) is 0.526. The van der Waals surface area contributed by atoms with Gasteiger partial charge in [0.25, 0.3) is 0 Å². The molecule has 0 fully saturated rings. The third kappa shape index (κ3) is 2.85. The molecule has 0 radical (unpaired) electrons. The van der Waals surface area contributed by atoms with Crippen molar-refractivity contribution in [1.82, 2.24) is 4.98 Å². The maximum atomic E-state index is 13.4. The summed E-state index contributed by atoms with van der Waals surface area (Å²) in [5, 5.41) is 1.02. The van der Waals surface area contributed by atoms with E-state index in [1.165, 1.54) is 6.07 Å². The van der Waals surface area contributed by atoms with Crippen LogP contribution in [0.1, 0.15) is 11.1 Å². The van der Waals surface area contributed by atoms with Crippen LogP contribution in [-0.2, 0) is 13.2 Å². The van der Waals surface area contributed by atoms with E-state index in [2.05, 4.69) is 4.98 Å². The molecule has 0 aliphatic heterocycles. The number of hydrogen-bond acceptors (Lipinski definition) is 3. The van der Waals surface area contributed by atoms with Gasteiger partial charge in [-0.1, -0.05) is 24.3 Å². The minimum atomic E-state index is -0.284. The Morgan fingerprint density at radius 2 is 1.95 bits per heavy atom. The summed E-state index contributed by atoms with van der Waals surface area (Å²) < 4.78 is 19.2. The Hall–Kier alpha value is -2.46. The summed E-state index contributed by atoms with van der Waals surface area (Å²) in [7, 11) is 0. The Morgan fingerprint density at radius 1 is 1.10 bits per heavy atom. The molecule has 1 heterocycles. The van der Waals surface area contributed by atoms with Crippen LogP contribution in [-0.4, -0.2) is 4.98 Å². The fourth-order valence-electron chi connectivity index (χ4n) is 2.23. The van der Waals surface area contributed by atoms with Crippen molar-refractivity contribution in [3.05, 3.63) is 71.7 Å². The third-order valence-electron chi connectivity index (χ3n) is 3.32. The molecular weight excluding hydrogens is 267 g/mol. The van der Waals surface area contributed by atoms with Crippen LogP contribution < -0.4 is 10.5 Å². The minimum absolute atomic E-state index is 0.176. The lowest BCUT2D eigenvalue weighted by atomic mass is 10.1. The van der Waals surface area contributed by atoms with Gasteiger partial charge >= 0.3 is 0 Å². The number of halogens is 1. The van der Waals surface area contributed by atoms with Crippen LogP contribution in [0.3, 0.4) is 0 Å². The number of nitrogens with zero attached hydrogens (tertiary/aromatic N) is 1. The van der Waals surface area contributed by atoms with Gasteiger partial charge in [-0.2, -0.15) is 0 Å². The molecule has 3 aromatic rings. The number of ether oxygens (including phenoxy) is 1. The molecule has 0 unspecified atom stereocenters. The lowest BCUT2D eigenvalue weighted by molar-refractivity contribution is 0.309. The molecule has 106 valence electrons. The number of pyridine rings is 1. The summed E-state index contributed by atoms with van der Waals surface area (Å²) in [6, 6.07) is 14.5. The molecule has 0 saturated heterocycles. The maximum absolute atomic E-state index is 13.4. The van der Waals surface area contributed by atoms with Crippen LogP contribution in [0.15, 0.2) is 54.7 Å². The van der Waals surface area contributed by atoms with Crippen molar-refractivity contribution in [3.63, 3.8) is 0 Å². The number of fused-ring (bicyclic) bond motifs is 1. The zero-order valence-electron chi connectivity index (χ0n) is 11.4. The first-order valence-electron chi connectivity index (χ1n) is 6.72. The average Bonchev–Trinajstić information content (AvgIpc) is 2.54. The van der Waals surface area contributed by atoms with Crippen molar-refractivity contribution in [2.24, 2.45) is 5.73 Å².